The first-order valence-corrected chi connectivity index (χ1v) is 12.5. The van der Waals surface area contributed by atoms with Crippen molar-refractivity contribution in [1.29, 1.82) is 0 Å². The Morgan fingerprint density at radius 3 is 2.13 bits per heavy atom. The molecular formula is C30H26ClFN4O2. The van der Waals surface area contributed by atoms with Crippen LogP contribution in [0.4, 0.5) is 20.6 Å². The van der Waals surface area contributed by atoms with Gasteiger partial charge in [0.2, 0.25) is 0 Å². The number of nitrogens with zero attached hydrogens (tertiary/aromatic N) is 3. The number of nitrogens with one attached hydrogen (secondary N) is 1. The third kappa shape index (κ3) is 5.79. The quantitative estimate of drug-likeness (QED) is 0.284. The van der Waals surface area contributed by atoms with Gasteiger partial charge in [0, 0.05) is 36.4 Å². The predicted octanol–water partition coefficient (Wildman–Crippen LogP) is 7.37. The first-order valence-electron chi connectivity index (χ1n) is 12.1. The number of carbonyl (C=O) groups is 1. The molecule has 0 aliphatic carbocycles. The van der Waals surface area contributed by atoms with Crippen molar-refractivity contribution in [3.05, 3.63) is 119 Å². The lowest BCUT2D eigenvalue weighted by Gasteiger charge is -2.16. The van der Waals surface area contributed by atoms with Crippen LogP contribution in [-0.4, -0.2) is 37.4 Å². The highest BCUT2D eigenvalue weighted by molar-refractivity contribution is 6.30. The Kier molecular flexibility index (Phi) is 7.29. The van der Waals surface area contributed by atoms with Gasteiger partial charge in [-0.15, -0.1) is 0 Å². The van der Waals surface area contributed by atoms with Crippen LogP contribution in [0.1, 0.15) is 17.0 Å². The van der Waals surface area contributed by atoms with Gasteiger partial charge in [0.05, 0.1) is 12.3 Å². The summed E-state index contributed by atoms with van der Waals surface area (Å²) in [5.74, 6) is 0.850. The van der Waals surface area contributed by atoms with Gasteiger partial charge >= 0.3 is 6.03 Å². The first kappa shape index (κ1) is 25.3. The minimum Gasteiger partial charge on any atom is -0.457 e. The van der Waals surface area contributed by atoms with Gasteiger partial charge in [0.1, 0.15) is 17.3 Å². The molecule has 38 heavy (non-hydrogen) atoms. The molecule has 1 unspecified atom stereocenters. The molecule has 192 valence electrons. The molecule has 6 nitrogen and oxygen atoms in total. The molecule has 0 spiro atoms. The van der Waals surface area contributed by atoms with E-state index in [0.29, 0.717) is 28.7 Å². The van der Waals surface area contributed by atoms with E-state index < -0.39 is 0 Å². The Hall–Kier alpha value is -4.36. The Bertz CT molecular complexity index is 1440. The van der Waals surface area contributed by atoms with Crippen molar-refractivity contribution >= 4 is 34.7 Å². The maximum Gasteiger partial charge on any atom is 0.342 e. The van der Waals surface area contributed by atoms with E-state index in [9.17, 15) is 9.18 Å². The fourth-order valence-corrected chi connectivity index (χ4v) is 4.33. The van der Waals surface area contributed by atoms with Crippen LogP contribution in [0, 0.1) is 5.82 Å². The van der Waals surface area contributed by atoms with Gasteiger partial charge in [-0.25, -0.2) is 14.2 Å². The number of benzene rings is 4. The number of carbonyl (C=O) groups excluding carboxylic acids is 1. The number of halogens is 2. The summed E-state index contributed by atoms with van der Waals surface area (Å²) in [6, 6.07) is 28.1. The van der Waals surface area contributed by atoms with Gasteiger partial charge in [-0.2, -0.15) is 5.10 Å². The highest BCUT2D eigenvalue weighted by atomic mass is 35.5. The van der Waals surface area contributed by atoms with Crippen molar-refractivity contribution in [2.45, 2.75) is 5.92 Å². The number of rotatable bonds is 6. The number of hydrazone groups is 1. The lowest BCUT2D eigenvalue weighted by atomic mass is 9.90. The van der Waals surface area contributed by atoms with E-state index in [1.54, 1.807) is 48.5 Å². The minimum absolute atomic E-state index is 0.211. The van der Waals surface area contributed by atoms with E-state index >= 15 is 0 Å². The number of anilines is 2. The summed E-state index contributed by atoms with van der Waals surface area (Å²) in [7, 11) is 3.97. The summed E-state index contributed by atoms with van der Waals surface area (Å²) >= 11 is 6.07. The monoisotopic (exact) mass is 528 g/mol. The topological polar surface area (TPSA) is 57.2 Å². The van der Waals surface area contributed by atoms with Crippen LogP contribution >= 0.6 is 11.6 Å². The molecule has 0 aromatic heterocycles. The second-order valence-corrected chi connectivity index (χ2v) is 9.56. The molecule has 0 saturated heterocycles. The zero-order valence-corrected chi connectivity index (χ0v) is 21.7. The molecule has 1 aliphatic heterocycles. The van der Waals surface area contributed by atoms with Crippen molar-refractivity contribution in [3.8, 4) is 11.5 Å². The number of urea groups is 1. The highest BCUT2D eigenvalue weighted by Crippen LogP contribution is 2.30. The summed E-state index contributed by atoms with van der Waals surface area (Å²) in [4.78, 5) is 15.2. The minimum atomic E-state index is -0.367. The second kappa shape index (κ2) is 10.9. The number of ether oxygens (including phenoxy) is 1. The zero-order valence-electron chi connectivity index (χ0n) is 20.9. The van der Waals surface area contributed by atoms with Gasteiger partial charge in [0.15, 0.2) is 0 Å². The highest BCUT2D eigenvalue weighted by Gasteiger charge is 2.32. The van der Waals surface area contributed by atoms with E-state index in [2.05, 4.69) is 10.4 Å². The number of hydrogen-bond acceptors (Lipinski definition) is 4. The Balaban J connectivity index is 1.29. The standard InChI is InChI=1S/C30H26ClFN4O2/c1-35(2)25-13-17-27(18-14-25)38-26-15-11-24(12-16-26)33-30(37)36-19-28(20-5-9-23(32)10-6-20)29(34-36)21-3-7-22(31)8-4-21/h3-18,28H,19H2,1-2H3,(H,33,37). The molecule has 4 aromatic carbocycles. The van der Waals surface area contributed by atoms with Crippen molar-refractivity contribution < 1.29 is 13.9 Å². The molecule has 5 rings (SSSR count). The average molecular weight is 529 g/mol. The summed E-state index contributed by atoms with van der Waals surface area (Å²) in [5.41, 5.74) is 4.13. The lowest BCUT2D eigenvalue weighted by Crippen LogP contribution is -2.30. The Morgan fingerprint density at radius 1 is 0.921 bits per heavy atom. The van der Waals surface area contributed by atoms with Crippen molar-refractivity contribution in [2.24, 2.45) is 5.10 Å². The Labute approximate surface area is 225 Å². The maximum atomic E-state index is 13.6. The Morgan fingerprint density at radius 2 is 1.53 bits per heavy atom. The molecule has 1 heterocycles. The molecule has 0 saturated carbocycles. The lowest BCUT2D eigenvalue weighted by molar-refractivity contribution is 0.218. The smallest absolute Gasteiger partial charge is 0.342 e. The van der Waals surface area contributed by atoms with Crippen LogP contribution in [0.15, 0.2) is 102 Å². The molecular weight excluding hydrogens is 503 g/mol. The van der Waals surface area contributed by atoms with Crippen molar-refractivity contribution in [2.75, 3.05) is 30.9 Å². The zero-order chi connectivity index (χ0) is 26.6. The van der Waals surface area contributed by atoms with Crippen LogP contribution in [0.3, 0.4) is 0 Å². The molecule has 0 bridgehead atoms. The number of amides is 2. The SMILES string of the molecule is CN(C)c1ccc(Oc2ccc(NC(=O)N3CC(c4ccc(F)cc4)C(c4ccc(Cl)cc4)=N3)cc2)cc1. The average Bonchev–Trinajstić information content (AvgIpc) is 3.37. The molecule has 2 amide bonds. The van der Waals surface area contributed by atoms with Crippen LogP contribution in [-0.2, 0) is 0 Å². The van der Waals surface area contributed by atoms with E-state index in [4.69, 9.17) is 16.3 Å². The van der Waals surface area contributed by atoms with E-state index in [1.807, 2.05) is 55.4 Å². The first-order chi connectivity index (χ1) is 18.4. The third-order valence-electron chi connectivity index (χ3n) is 6.26. The molecule has 1 atom stereocenters. The molecule has 8 heteroatoms. The molecule has 4 aromatic rings. The van der Waals surface area contributed by atoms with Gasteiger partial charge in [-0.05, 0) is 83.9 Å². The normalized spacial score (nSPS) is 14.7. The predicted molar refractivity (Wildman–Crippen MR) is 150 cm³/mol. The van der Waals surface area contributed by atoms with E-state index in [1.165, 1.54) is 17.1 Å². The van der Waals surface area contributed by atoms with Gasteiger partial charge in [-0.1, -0.05) is 35.9 Å². The summed E-state index contributed by atoms with van der Waals surface area (Å²) in [6.45, 7) is 0.319. The molecule has 0 fully saturated rings. The van der Waals surface area contributed by atoms with E-state index in [-0.39, 0.29) is 17.8 Å². The van der Waals surface area contributed by atoms with Crippen LogP contribution in [0.2, 0.25) is 5.02 Å². The van der Waals surface area contributed by atoms with Crippen LogP contribution in [0.25, 0.3) is 0 Å². The van der Waals surface area contributed by atoms with Gasteiger partial charge < -0.3 is 15.0 Å². The van der Waals surface area contributed by atoms with Gasteiger partial charge in [-0.3, -0.25) is 0 Å². The third-order valence-corrected chi connectivity index (χ3v) is 6.51. The number of hydrogen-bond donors (Lipinski definition) is 1. The van der Waals surface area contributed by atoms with E-state index in [0.717, 1.165) is 22.6 Å². The van der Waals surface area contributed by atoms with Crippen molar-refractivity contribution in [1.82, 2.24) is 5.01 Å². The maximum absolute atomic E-state index is 13.6. The summed E-state index contributed by atoms with van der Waals surface area (Å²) < 4.78 is 19.5. The van der Waals surface area contributed by atoms with Crippen LogP contribution in [0.5, 0.6) is 11.5 Å². The summed E-state index contributed by atoms with van der Waals surface area (Å²) in [5, 5.41) is 9.53. The molecule has 1 N–H and O–H groups in total. The molecule has 0 radical (unpaired) electrons. The fraction of sp³-hybridized carbons (Fsp3) is 0.133. The largest absolute Gasteiger partial charge is 0.457 e. The second-order valence-electron chi connectivity index (χ2n) is 9.12. The summed E-state index contributed by atoms with van der Waals surface area (Å²) in [6.07, 6.45) is 0. The van der Waals surface area contributed by atoms with Gasteiger partial charge in [0.25, 0.3) is 0 Å². The fourth-order valence-electron chi connectivity index (χ4n) is 4.21. The van der Waals surface area contributed by atoms with Crippen molar-refractivity contribution in [3.63, 3.8) is 0 Å². The van der Waals surface area contributed by atoms with Crippen LogP contribution < -0.4 is 15.0 Å². The molecule has 1 aliphatic rings.